The lowest BCUT2D eigenvalue weighted by Gasteiger charge is -2.17. The highest BCUT2D eigenvalue weighted by Crippen LogP contribution is 2.12. The zero-order valence-electron chi connectivity index (χ0n) is 9.23. The summed E-state index contributed by atoms with van der Waals surface area (Å²) in [5.41, 5.74) is 0.956. The van der Waals surface area contributed by atoms with Crippen LogP contribution < -0.4 is 5.32 Å². The van der Waals surface area contributed by atoms with E-state index in [0.29, 0.717) is 0 Å². The second kappa shape index (κ2) is 6.67. The summed E-state index contributed by atoms with van der Waals surface area (Å²) in [5.74, 6) is -0.780. The molecule has 0 aromatic heterocycles. The van der Waals surface area contributed by atoms with Gasteiger partial charge in [0.05, 0.1) is 6.42 Å². The summed E-state index contributed by atoms with van der Waals surface area (Å²) in [6.07, 6.45) is 3.53. The second-order valence-corrected chi connectivity index (χ2v) is 3.67. The molecule has 0 spiro atoms. The van der Waals surface area contributed by atoms with E-state index in [-0.39, 0.29) is 12.5 Å². The van der Waals surface area contributed by atoms with Gasteiger partial charge in [0, 0.05) is 11.7 Å². The first-order valence-corrected chi connectivity index (χ1v) is 5.36. The Morgan fingerprint density at radius 3 is 2.69 bits per heavy atom. The lowest BCUT2D eigenvalue weighted by molar-refractivity contribution is -0.137. The van der Waals surface area contributed by atoms with E-state index in [2.05, 4.69) is 11.9 Å². The quantitative estimate of drug-likeness (QED) is 0.693. The first-order valence-electron chi connectivity index (χ1n) is 5.36. The van der Waals surface area contributed by atoms with E-state index in [9.17, 15) is 4.79 Å². The van der Waals surface area contributed by atoms with Crippen LogP contribution >= 0.6 is 0 Å². The Labute approximate surface area is 95.8 Å². The minimum absolute atomic E-state index is 0.0436. The Morgan fingerprint density at radius 1 is 1.44 bits per heavy atom. The molecule has 0 radical (unpaired) electrons. The highest BCUT2D eigenvalue weighted by molar-refractivity contribution is 5.68. The summed E-state index contributed by atoms with van der Waals surface area (Å²) in [5, 5.41) is 12.0. The standard InChI is InChI=1S/C13H17NO2/c1-2-3-7-12(10-13(15)16)14-11-8-5-4-6-9-11/h2,4-6,8-9,12,14H,1,3,7,10H2,(H,15,16). The third-order valence-corrected chi connectivity index (χ3v) is 2.28. The Balaban J connectivity index is 2.55. The van der Waals surface area contributed by atoms with Gasteiger partial charge in [-0.2, -0.15) is 0 Å². The molecule has 1 atom stereocenters. The first kappa shape index (κ1) is 12.3. The van der Waals surface area contributed by atoms with Crippen LogP contribution in [0.5, 0.6) is 0 Å². The van der Waals surface area contributed by atoms with Crippen molar-refractivity contribution in [3.05, 3.63) is 43.0 Å². The maximum Gasteiger partial charge on any atom is 0.305 e. The zero-order valence-corrected chi connectivity index (χ0v) is 9.23. The lowest BCUT2D eigenvalue weighted by Crippen LogP contribution is -2.22. The summed E-state index contributed by atoms with van der Waals surface area (Å²) >= 11 is 0. The number of aliphatic carboxylic acids is 1. The summed E-state index contributed by atoms with van der Waals surface area (Å²) in [6.45, 7) is 3.64. The van der Waals surface area contributed by atoms with Gasteiger partial charge in [-0.05, 0) is 25.0 Å². The zero-order chi connectivity index (χ0) is 11.8. The minimum atomic E-state index is -0.780. The van der Waals surface area contributed by atoms with Crippen molar-refractivity contribution >= 4 is 11.7 Å². The van der Waals surface area contributed by atoms with Crippen molar-refractivity contribution in [3.8, 4) is 0 Å². The highest BCUT2D eigenvalue weighted by atomic mass is 16.4. The number of carboxylic acid groups (broad SMARTS) is 1. The third-order valence-electron chi connectivity index (χ3n) is 2.28. The van der Waals surface area contributed by atoms with Crippen molar-refractivity contribution in [1.82, 2.24) is 0 Å². The molecule has 0 saturated heterocycles. The SMILES string of the molecule is C=CCCC(CC(=O)O)Nc1ccccc1. The van der Waals surface area contributed by atoms with E-state index < -0.39 is 5.97 Å². The van der Waals surface area contributed by atoms with Crippen LogP contribution in [0.25, 0.3) is 0 Å². The molecular weight excluding hydrogens is 202 g/mol. The van der Waals surface area contributed by atoms with Gasteiger partial charge in [-0.1, -0.05) is 24.3 Å². The molecule has 3 heteroatoms. The van der Waals surface area contributed by atoms with Gasteiger partial charge < -0.3 is 10.4 Å². The van der Waals surface area contributed by atoms with Crippen molar-refractivity contribution in [3.63, 3.8) is 0 Å². The molecule has 3 nitrogen and oxygen atoms in total. The van der Waals surface area contributed by atoms with Crippen molar-refractivity contribution in [1.29, 1.82) is 0 Å². The van der Waals surface area contributed by atoms with Crippen molar-refractivity contribution in [2.45, 2.75) is 25.3 Å². The number of hydrogen-bond acceptors (Lipinski definition) is 2. The van der Waals surface area contributed by atoms with Gasteiger partial charge >= 0.3 is 5.97 Å². The second-order valence-electron chi connectivity index (χ2n) is 3.67. The summed E-state index contributed by atoms with van der Waals surface area (Å²) in [6, 6.07) is 9.60. The average molecular weight is 219 g/mol. The summed E-state index contributed by atoms with van der Waals surface area (Å²) < 4.78 is 0. The van der Waals surface area contributed by atoms with Gasteiger partial charge in [0.2, 0.25) is 0 Å². The number of benzene rings is 1. The normalized spacial score (nSPS) is 11.8. The minimum Gasteiger partial charge on any atom is -0.481 e. The topological polar surface area (TPSA) is 49.3 Å². The molecule has 0 aliphatic heterocycles. The van der Waals surface area contributed by atoms with E-state index >= 15 is 0 Å². The van der Waals surface area contributed by atoms with E-state index in [1.807, 2.05) is 36.4 Å². The fraction of sp³-hybridized carbons (Fsp3) is 0.308. The number of hydrogen-bond donors (Lipinski definition) is 2. The highest BCUT2D eigenvalue weighted by Gasteiger charge is 2.11. The van der Waals surface area contributed by atoms with E-state index in [0.717, 1.165) is 18.5 Å². The Bertz CT molecular complexity index is 335. The van der Waals surface area contributed by atoms with Crippen LogP contribution in [0, 0.1) is 0 Å². The molecule has 0 bridgehead atoms. The summed E-state index contributed by atoms with van der Waals surface area (Å²) in [7, 11) is 0. The molecule has 0 amide bonds. The van der Waals surface area contributed by atoms with Crippen LogP contribution in [0.3, 0.4) is 0 Å². The maximum absolute atomic E-state index is 10.7. The monoisotopic (exact) mass is 219 g/mol. The van der Waals surface area contributed by atoms with E-state index in [1.165, 1.54) is 0 Å². The smallest absolute Gasteiger partial charge is 0.305 e. The van der Waals surface area contributed by atoms with Crippen LogP contribution in [0.4, 0.5) is 5.69 Å². The summed E-state index contributed by atoms with van der Waals surface area (Å²) in [4.78, 5) is 10.7. The molecule has 86 valence electrons. The number of carbonyl (C=O) groups is 1. The van der Waals surface area contributed by atoms with Gasteiger partial charge in [0.15, 0.2) is 0 Å². The molecule has 1 unspecified atom stereocenters. The lowest BCUT2D eigenvalue weighted by atomic mass is 10.1. The number of rotatable bonds is 7. The number of para-hydroxylation sites is 1. The molecule has 1 aromatic carbocycles. The van der Waals surface area contributed by atoms with Crippen LogP contribution in [0.1, 0.15) is 19.3 Å². The van der Waals surface area contributed by atoms with E-state index in [4.69, 9.17) is 5.11 Å². The fourth-order valence-electron chi connectivity index (χ4n) is 1.53. The Morgan fingerprint density at radius 2 is 2.12 bits per heavy atom. The molecule has 0 saturated carbocycles. The molecule has 2 N–H and O–H groups in total. The van der Waals surface area contributed by atoms with Gasteiger partial charge in [0.1, 0.15) is 0 Å². The average Bonchev–Trinajstić information content (AvgIpc) is 2.26. The van der Waals surface area contributed by atoms with Gasteiger partial charge in [-0.15, -0.1) is 6.58 Å². The van der Waals surface area contributed by atoms with Crippen LogP contribution in [-0.4, -0.2) is 17.1 Å². The predicted molar refractivity (Wildman–Crippen MR) is 65.5 cm³/mol. The molecule has 0 heterocycles. The maximum atomic E-state index is 10.7. The molecule has 0 aliphatic carbocycles. The molecule has 0 aliphatic rings. The first-order chi connectivity index (χ1) is 7.72. The van der Waals surface area contributed by atoms with Crippen molar-refractivity contribution in [2.24, 2.45) is 0 Å². The molecule has 1 aromatic rings. The number of carboxylic acids is 1. The molecule has 16 heavy (non-hydrogen) atoms. The molecular formula is C13H17NO2. The Kier molecular flexibility index (Phi) is 5.12. The van der Waals surface area contributed by atoms with Gasteiger partial charge in [0.25, 0.3) is 0 Å². The largest absolute Gasteiger partial charge is 0.481 e. The number of nitrogens with one attached hydrogen (secondary N) is 1. The van der Waals surface area contributed by atoms with Gasteiger partial charge in [-0.3, -0.25) is 4.79 Å². The Hall–Kier alpha value is -1.77. The third kappa shape index (κ3) is 4.64. The predicted octanol–water partition coefficient (Wildman–Crippen LogP) is 2.91. The molecule has 1 rings (SSSR count). The number of allylic oxidation sites excluding steroid dienone is 1. The van der Waals surface area contributed by atoms with Crippen LogP contribution in [-0.2, 0) is 4.79 Å². The van der Waals surface area contributed by atoms with Crippen molar-refractivity contribution < 1.29 is 9.90 Å². The van der Waals surface area contributed by atoms with Crippen LogP contribution in [0.2, 0.25) is 0 Å². The van der Waals surface area contributed by atoms with Crippen molar-refractivity contribution in [2.75, 3.05) is 5.32 Å². The fourth-order valence-corrected chi connectivity index (χ4v) is 1.53. The number of anilines is 1. The van der Waals surface area contributed by atoms with Crippen LogP contribution in [0.15, 0.2) is 43.0 Å². The molecule has 0 fully saturated rings. The van der Waals surface area contributed by atoms with Gasteiger partial charge in [-0.25, -0.2) is 0 Å². The van der Waals surface area contributed by atoms with E-state index in [1.54, 1.807) is 0 Å².